The Morgan fingerprint density at radius 3 is 2.44 bits per heavy atom. The van der Waals surface area contributed by atoms with Crippen LogP contribution in [0.3, 0.4) is 0 Å². The molecule has 0 saturated heterocycles. The third kappa shape index (κ3) is 4.98. The highest BCUT2D eigenvalue weighted by atomic mass is 32.2. The van der Waals surface area contributed by atoms with Crippen molar-refractivity contribution in [1.29, 1.82) is 0 Å². The summed E-state index contributed by atoms with van der Waals surface area (Å²) in [5, 5.41) is 0.0457. The molecule has 1 N–H and O–H groups in total. The molecule has 34 heavy (non-hydrogen) atoms. The van der Waals surface area contributed by atoms with E-state index in [1.807, 2.05) is 25.3 Å². The maximum absolute atomic E-state index is 15.2. The largest absolute Gasteiger partial charge is 0.417 e. The normalized spacial score (nSPS) is 15.6. The van der Waals surface area contributed by atoms with Gasteiger partial charge in [-0.15, -0.1) is 0 Å². The fraction of sp³-hybridized carbons (Fsp3) is 0.458. The summed E-state index contributed by atoms with van der Waals surface area (Å²) in [6, 6.07) is 3.41. The number of rotatable bonds is 6. The molecule has 0 aliphatic heterocycles. The first-order valence-electron chi connectivity index (χ1n) is 11.1. The van der Waals surface area contributed by atoms with E-state index < -0.39 is 32.8 Å². The summed E-state index contributed by atoms with van der Waals surface area (Å²) in [6.45, 7) is 6.50. The van der Waals surface area contributed by atoms with Crippen molar-refractivity contribution in [3.8, 4) is 11.1 Å². The molecule has 0 radical (unpaired) electrons. The van der Waals surface area contributed by atoms with Crippen molar-refractivity contribution in [2.45, 2.75) is 64.5 Å². The van der Waals surface area contributed by atoms with Gasteiger partial charge < -0.3 is 4.57 Å². The van der Waals surface area contributed by atoms with Crippen LogP contribution < -0.4 is 4.72 Å². The smallest absolute Gasteiger partial charge is 0.347 e. The van der Waals surface area contributed by atoms with Crippen LogP contribution in [0.1, 0.15) is 51.2 Å². The molecule has 0 unspecified atom stereocenters. The minimum atomic E-state index is -4.67. The Morgan fingerprint density at radius 1 is 1.15 bits per heavy atom. The van der Waals surface area contributed by atoms with E-state index in [2.05, 4.69) is 9.71 Å². The standard InChI is InChI=1S/C24H27F4N3O2S/c1-23(2,3)14-31-13-15(11-30-34(32,33)16-5-4-6-16)17-9-21(25)18(10-22(17)31)19-12-29-8-7-20(19)24(26,27)28/h7-10,12-13,16,30H,4-6,11,14H2,1-3H3. The Balaban J connectivity index is 1.82. The van der Waals surface area contributed by atoms with Crippen LogP contribution in [-0.4, -0.2) is 23.2 Å². The Morgan fingerprint density at radius 2 is 1.85 bits per heavy atom. The number of fused-ring (bicyclic) bond motifs is 1. The van der Waals surface area contributed by atoms with Gasteiger partial charge in [0.1, 0.15) is 5.82 Å². The number of hydrogen-bond acceptors (Lipinski definition) is 3. The molecule has 0 bridgehead atoms. The van der Waals surface area contributed by atoms with E-state index in [4.69, 9.17) is 0 Å². The van der Waals surface area contributed by atoms with E-state index in [1.165, 1.54) is 12.1 Å². The number of aromatic nitrogens is 2. The average molecular weight is 498 g/mol. The number of hydrogen-bond donors (Lipinski definition) is 1. The highest BCUT2D eigenvalue weighted by molar-refractivity contribution is 7.90. The zero-order valence-corrected chi connectivity index (χ0v) is 20.0. The molecule has 5 nitrogen and oxygen atoms in total. The number of pyridine rings is 1. The summed E-state index contributed by atoms with van der Waals surface area (Å²) in [5.74, 6) is -0.831. The first-order valence-corrected chi connectivity index (χ1v) is 12.6. The van der Waals surface area contributed by atoms with Crippen LogP contribution in [0.4, 0.5) is 17.6 Å². The van der Waals surface area contributed by atoms with Crippen LogP contribution in [0, 0.1) is 11.2 Å². The Hall–Kier alpha value is -2.46. The van der Waals surface area contributed by atoms with Crippen molar-refractivity contribution in [3.63, 3.8) is 0 Å². The zero-order chi connectivity index (χ0) is 24.9. The molecule has 1 saturated carbocycles. The third-order valence-corrected chi connectivity index (χ3v) is 7.96. The van der Waals surface area contributed by atoms with Crippen LogP contribution in [0.15, 0.2) is 36.8 Å². The summed E-state index contributed by atoms with van der Waals surface area (Å²) in [5.41, 5.74) is -0.610. The van der Waals surface area contributed by atoms with Gasteiger partial charge in [-0.1, -0.05) is 27.2 Å². The van der Waals surface area contributed by atoms with Gasteiger partial charge in [-0.3, -0.25) is 4.98 Å². The molecular weight excluding hydrogens is 470 g/mol. The lowest BCUT2D eigenvalue weighted by Crippen LogP contribution is -2.38. The topological polar surface area (TPSA) is 64.0 Å². The first-order chi connectivity index (χ1) is 15.8. The number of benzene rings is 1. The molecule has 1 aliphatic carbocycles. The van der Waals surface area contributed by atoms with Gasteiger partial charge in [0, 0.05) is 53.7 Å². The maximum Gasteiger partial charge on any atom is 0.417 e. The van der Waals surface area contributed by atoms with Gasteiger partial charge in [0.05, 0.1) is 10.8 Å². The van der Waals surface area contributed by atoms with Gasteiger partial charge in [-0.05, 0) is 42.0 Å². The highest BCUT2D eigenvalue weighted by Crippen LogP contribution is 2.39. The summed E-state index contributed by atoms with van der Waals surface area (Å²) < 4.78 is 85.4. The number of sulfonamides is 1. The van der Waals surface area contributed by atoms with Gasteiger partial charge in [0.25, 0.3) is 0 Å². The molecule has 1 aromatic carbocycles. The van der Waals surface area contributed by atoms with Crippen molar-refractivity contribution in [2.75, 3.05) is 0 Å². The second-order valence-electron chi connectivity index (χ2n) is 10.0. The van der Waals surface area contributed by atoms with Gasteiger partial charge in [-0.2, -0.15) is 13.2 Å². The summed E-state index contributed by atoms with van der Waals surface area (Å²) >= 11 is 0. The van der Waals surface area contributed by atoms with E-state index in [-0.39, 0.29) is 23.1 Å². The molecule has 10 heteroatoms. The maximum atomic E-state index is 15.2. The van der Waals surface area contributed by atoms with E-state index in [0.717, 1.165) is 24.9 Å². The Bertz CT molecular complexity index is 1320. The van der Waals surface area contributed by atoms with Crippen molar-refractivity contribution < 1.29 is 26.0 Å². The molecule has 184 valence electrons. The summed E-state index contributed by atoms with van der Waals surface area (Å²) in [7, 11) is -3.49. The lowest BCUT2D eigenvalue weighted by atomic mass is 9.96. The van der Waals surface area contributed by atoms with Crippen molar-refractivity contribution in [1.82, 2.24) is 14.3 Å². The molecule has 4 rings (SSSR count). The number of alkyl halides is 3. The van der Waals surface area contributed by atoms with E-state index in [0.29, 0.717) is 35.9 Å². The summed E-state index contributed by atoms with van der Waals surface area (Å²) in [6.07, 6.45) is 1.22. The number of nitrogens with one attached hydrogen (secondary N) is 1. The fourth-order valence-electron chi connectivity index (χ4n) is 4.21. The Labute approximate surface area is 196 Å². The van der Waals surface area contributed by atoms with Crippen LogP contribution in [-0.2, 0) is 29.3 Å². The van der Waals surface area contributed by atoms with Crippen molar-refractivity contribution >= 4 is 20.9 Å². The highest BCUT2D eigenvalue weighted by Gasteiger charge is 2.35. The van der Waals surface area contributed by atoms with Crippen molar-refractivity contribution in [2.24, 2.45) is 5.41 Å². The van der Waals surface area contributed by atoms with Gasteiger partial charge >= 0.3 is 6.18 Å². The lowest BCUT2D eigenvalue weighted by molar-refractivity contribution is -0.137. The monoisotopic (exact) mass is 497 g/mol. The van der Waals surface area contributed by atoms with Crippen LogP contribution in [0.5, 0.6) is 0 Å². The fourth-order valence-corrected chi connectivity index (χ4v) is 5.75. The predicted octanol–water partition coefficient (Wildman–Crippen LogP) is 5.88. The van der Waals surface area contributed by atoms with Gasteiger partial charge in [-0.25, -0.2) is 17.5 Å². The second kappa shape index (κ2) is 8.64. The molecular formula is C24H27F4N3O2S. The van der Waals surface area contributed by atoms with Crippen LogP contribution in [0.25, 0.3) is 22.0 Å². The SMILES string of the molecule is CC(C)(C)Cn1cc(CNS(=O)(=O)C2CCC2)c2cc(F)c(-c3cnccc3C(F)(F)F)cc21. The Kier molecular flexibility index (Phi) is 6.27. The number of halogens is 4. The van der Waals surface area contributed by atoms with E-state index >= 15 is 4.39 Å². The van der Waals surface area contributed by atoms with Gasteiger partial charge in [0.15, 0.2) is 0 Å². The molecule has 1 fully saturated rings. The number of nitrogens with zero attached hydrogens (tertiary/aromatic N) is 2. The van der Waals surface area contributed by atoms with Crippen LogP contribution >= 0.6 is 0 Å². The molecule has 2 aromatic heterocycles. The lowest BCUT2D eigenvalue weighted by Gasteiger charge is -2.25. The van der Waals surface area contributed by atoms with Gasteiger partial charge in [0.2, 0.25) is 10.0 Å². The molecule has 0 spiro atoms. The molecule has 0 atom stereocenters. The third-order valence-electron chi connectivity index (χ3n) is 6.07. The molecule has 3 aromatic rings. The molecule has 2 heterocycles. The quantitative estimate of drug-likeness (QED) is 0.433. The average Bonchev–Trinajstić information content (AvgIpc) is 2.98. The minimum absolute atomic E-state index is 0.0219. The first kappa shape index (κ1) is 24.7. The minimum Gasteiger partial charge on any atom is -0.347 e. The zero-order valence-electron chi connectivity index (χ0n) is 19.2. The molecule has 1 aliphatic rings. The predicted molar refractivity (Wildman–Crippen MR) is 123 cm³/mol. The van der Waals surface area contributed by atoms with E-state index in [9.17, 15) is 21.6 Å². The summed E-state index contributed by atoms with van der Waals surface area (Å²) in [4.78, 5) is 3.78. The van der Waals surface area contributed by atoms with Crippen LogP contribution in [0.2, 0.25) is 0 Å². The van der Waals surface area contributed by atoms with Crippen molar-refractivity contribution in [3.05, 3.63) is 53.7 Å². The molecule has 0 amide bonds. The van der Waals surface area contributed by atoms with E-state index in [1.54, 1.807) is 6.20 Å². The second-order valence-corrected chi connectivity index (χ2v) is 12.1.